The summed E-state index contributed by atoms with van der Waals surface area (Å²) in [6, 6.07) is 5.94. The molecule has 0 atom stereocenters. The summed E-state index contributed by atoms with van der Waals surface area (Å²) in [5, 5.41) is 6.51. The van der Waals surface area contributed by atoms with Gasteiger partial charge in [-0.15, -0.1) is 0 Å². The first-order valence-corrected chi connectivity index (χ1v) is 5.95. The molecule has 0 aliphatic carbocycles. The van der Waals surface area contributed by atoms with Crippen LogP contribution in [-0.4, -0.2) is 11.4 Å². The Bertz CT molecular complexity index is 475. The third-order valence-electron chi connectivity index (χ3n) is 4.09. The number of hydrogen-bond donors (Lipinski definition) is 2. The summed E-state index contributed by atoms with van der Waals surface area (Å²) in [5.74, 6) is 0.0550. The van der Waals surface area contributed by atoms with E-state index in [0.717, 1.165) is 16.9 Å². The minimum absolute atomic E-state index is 0.0550. The van der Waals surface area contributed by atoms with Gasteiger partial charge in [-0.2, -0.15) is 0 Å². The molecule has 1 aromatic carbocycles. The van der Waals surface area contributed by atoms with Crippen LogP contribution in [0.5, 0.6) is 0 Å². The largest absolute Gasteiger partial charge is 0.377 e. The second-order valence-corrected chi connectivity index (χ2v) is 5.83. The van der Waals surface area contributed by atoms with E-state index < -0.39 is 5.41 Å². The highest BCUT2D eigenvalue weighted by Crippen LogP contribution is 2.41. The van der Waals surface area contributed by atoms with E-state index >= 15 is 0 Å². The van der Waals surface area contributed by atoms with Crippen molar-refractivity contribution in [3.8, 4) is 0 Å². The SMILES string of the molecule is Cc1cccc2c1NC(C)(C)C(C)(C)C(=O)N2. The highest BCUT2D eigenvalue weighted by atomic mass is 16.2. The molecule has 1 heterocycles. The first-order valence-electron chi connectivity index (χ1n) is 5.95. The Hall–Kier alpha value is -1.51. The molecule has 0 aromatic heterocycles. The quantitative estimate of drug-likeness (QED) is 0.721. The molecule has 3 heteroatoms. The lowest BCUT2D eigenvalue weighted by Crippen LogP contribution is -2.50. The Morgan fingerprint density at radius 2 is 1.76 bits per heavy atom. The molecule has 3 nitrogen and oxygen atoms in total. The molecular formula is C14H20N2O. The highest BCUT2D eigenvalue weighted by Gasteiger charge is 2.45. The van der Waals surface area contributed by atoms with Gasteiger partial charge < -0.3 is 10.6 Å². The van der Waals surface area contributed by atoms with Crippen LogP contribution in [0.1, 0.15) is 33.3 Å². The predicted octanol–water partition coefficient (Wildman–Crippen LogP) is 3.16. The predicted molar refractivity (Wildman–Crippen MR) is 71.3 cm³/mol. The lowest BCUT2D eigenvalue weighted by molar-refractivity contribution is -0.126. The molecule has 17 heavy (non-hydrogen) atoms. The minimum atomic E-state index is -0.474. The summed E-state index contributed by atoms with van der Waals surface area (Å²) >= 11 is 0. The van der Waals surface area contributed by atoms with E-state index in [9.17, 15) is 4.79 Å². The Labute approximate surface area is 103 Å². The normalized spacial score (nSPS) is 20.9. The van der Waals surface area contributed by atoms with Crippen molar-refractivity contribution in [3.63, 3.8) is 0 Å². The number of nitrogens with one attached hydrogen (secondary N) is 2. The van der Waals surface area contributed by atoms with Gasteiger partial charge in [-0.05, 0) is 46.2 Å². The highest BCUT2D eigenvalue weighted by molar-refractivity contribution is 6.01. The summed E-state index contributed by atoms with van der Waals surface area (Å²) in [5.41, 5.74) is 2.27. The Kier molecular flexibility index (Phi) is 2.45. The Morgan fingerprint density at radius 3 is 2.41 bits per heavy atom. The number of anilines is 2. The molecule has 0 unspecified atom stereocenters. The average Bonchev–Trinajstić information content (AvgIpc) is 2.27. The van der Waals surface area contributed by atoms with Gasteiger partial charge in [-0.25, -0.2) is 0 Å². The van der Waals surface area contributed by atoms with Crippen LogP contribution in [0.2, 0.25) is 0 Å². The van der Waals surface area contributed by atoms with Crippen LogP contribution in [0.15, 0.2) is 18.2 Å². The minimum Gasteiger partial charge on any atom is -0.377 e. The van der Waals surface area contributed by atoms with Crippen molar-refractivity contribution in [3.05, 3.63) is 23.8 Å². The lowest BCUT2D eigenvalue weighted by atomic mass is 9.74. The number of para-hydroxylation sites is 1. The first-order chi connectivity index (χ1) is 7.75. The molecule has 1 aromatic rings. The third kappa shape index (κ3) is 1.70. The molecule has 0 saturated heterocycles. The standard InChI is InChI=1S/C14H20N2O/c1-9-7-6-8-10-11(9)16-14(4,5)13(2,3)12(17)15-10/h6-8,16H,1-5H3,(H,15,17). The zero-order valence-electron chi connectivity index (χ0n) is 11.1. The van der Waals surface area contributed by atoms with Crippen LogP contribution in [0.4, 0.5) is 11.4 Å². The van der Waals surface area contributed by atoms with E-state index in [2.05, 4.69) is 24.5 Å². The zero-order chi connectivity index (χ0) is 12.8. The maximum atomic E-state index is 12.3. The molecular weight excluding hydrogens is 212 g/mol. The molecule has 1 aliphatic rings. The summed E-state index contributed by atoms with van der Waals surface area (Å²) in [6.45, 7) is 10.1. The maximum Gasteiger partial charge on any atom is 0.232 e. The number of benzene rings is 1. The topological polar surface area (TPSA) is 41.1 Å². The summed E-state index contributed by atoms with van der Waals surface area (Å²) < 4.78 is 0. The molecule has 0 bridgehead atoms. The van der Waals surface area contributed by atoms with E-state index in [1.807, 2.05) is 39.0 Å². The summed E-state index contributed by atoms with van der Waals surface area (Å²) in [6.07, 6.45) is 0. The van der Waals surface area contributed by atoms with Gasteiger partial charge in [0.1, 0.15) is 0 Å². The van der Waals surface area contributed by atoms with E-state index in [0.29, 0.717) is 0 Å². The molecule has 92 valence electrons. The second-order valence-electron chi connectivity index (χ2n) is 5.83. The van der Waals surface area contributed by atoms with Crippen LogP contribution >= 0.6 is 0 Å². The third-order valence-corrected chi connectivity index (χ3v) is 4.09. The van der Waals surface area contributed by atoms with E-state index in [4.69, 9.17) is 0 Å². The molecule has 0 saturated carbocycles. The zero-order valence-corrected chi connectivity index (χ0v) is 11.1. The number of hydrogen-bond acceptors (Lipinski definition) is 2. The van der Waals surface area contributed by atoms with Gasteiger partial charge in [0.25, 0.3) is 0 Å². The van der Waals surface area contributed by atoms with E-state index in [1.54, 1.807) is 0 Å². The maximum absolute atomic E-state index is 12.3. The van der Waals surface area contributed by atoms with Crippen molar-refractivity contribution in [1.29, 1.82) is 0 Å². The fraction of sp³-hybridized carbons (Fsp3) is 0.500. The van der Waals surface area contributed by atoms with Crippen molar-refractivity contribution in [2.45, 2.75) is 40.2 Å². The van der Waals surface area contributed by atoms with Gasteiger partial charge >= 0.3 is 0 Å². The molecule has 2 N–H and O–H groups in total. The number of carbonyl (C=O) groups is 1. The summed E-state index contributed by atoms with van der Waals surface area (Å²) in [4.78, 5) is 12.3. The fourth-order valence-electron chi connectivity index (χ4n) is 1.97. The Morgan fingerprint density at radius 1 is 1.12 bits per heavy atom. The number of aryl methyl sites for hydroxylation is 1. The number of fused-ring (bicyclic) bond motifs is 1. The van der Waals surface area contributed by atoms with Crippen LogP contribution in [0.3, 0.4) is 0 Å². The van der Waals surface area contributed by atoms with Crippen molar-refractivity contribution in [1.82, 2.24) is 0 Å². The van der Waals surface area contributed by atoms with Gasteiger partial charge in [0.05, 0.1) is 16.8 Å². The van der Waals surface area contributed by atoms with Gasteiger partial charge in [0.2, 0.25) is 5.91 Å². The Balaban J connectivity index is 2.59. The molecule has 0 spiro atoms. The first kappa shape index (κ1) is 12.0. The number of amides is 1. The van der Waals surface area contributed by atoms with Crippen LogP contribution in [0, 0.1) is 12.3 Å². The van der Waals surface area contributed by atoms with Crippen LogP contribution < -0.4 is 10.6 Å². The second kappa shape index (κ2) is 3.49. The van der Waals surface area contributed by atoms with Gasteiger partial charge in [0.15, 0.2) is 0 Å². The van der Waals surface area contributed by atoms with E-state index in [-0.39, 0.29) is 11.4 Å². The van der Waals surface area contributed by atoms with Crippen molar-refractivity contribution in [2.24, 2.45) is 5.41 Å². The molecule has 0 fully saturated rings. The smallest absolute Gasteiger partial charge is 0.232 e. The summed E-state index contributed by atoms with van der Waals surface area (Å²) in [7, 11) is 0. The van der Waals surface area contributed by atoms with Crippen molar-refractivity contribution >= 4 is 17.3 Å². The van der Waals surface area contributed by atoms with E-state index in [1.165, 1.54) is 0 Å². The molecule has 0 radical (unpaired) electrons. The molecule has 1 aliphatic heterocycles. The average molecular weight is 232 g/mol. The van der Waals surface area contributed by atoms with Crippen LogP contribution in [-0.2, 0) is 4.79 Å². The van der Waals surface area contributed by atoms with Gasteiger partial charge in [-0.3, -0.25) is 4.79 Å². The fourth-order valence-corrected chi connectivity index (χ4v) is 1.97. The number of carbonyl (C=O) groups excluding carboxylic acids is 1. The van der Waals surface area contributed by atoms with Crippen molar-refractivity contribution in [2.75, 3.05) is 10.6 Å². The lowest BCUT2D eigenvalue weighted by Gasteiger charge is -2.39. The van der Waals surface area contributed by atoms with Crippen molar-refractivity contribution < 1.29 is 4.79 Å². The van der Waals surface area contributed by atoms with Gasteiger partial charge in [-0.1, -0.05) is 12.1 Å². The monoisotopic (exact) mass is 232 g/mol. The molecule has 2 rings (SSSR count). The van der Waals surface area contributed by atoms with Gasteiger partial charge in [0, 0.05) is 5.54 Å². The number of rotatable bonds is 0. The molecule has 1 amide bonds. The van der Waals surface area contributed by atoms with Crippen LogP contribution in [0.25, 0.3) is 0 Å².